The van der Waals surface area contributed by atoms with Crippen molar-refractivity contribution in [2.75, 3.05) is 13.2 Å². The molecule has 0 N–H and O–H groups in total. The van der Waals surface area contributed by atoms with Crippen molar-refractivity contribution in [2.24, 2.45) is 16.7 Å². The van der Waals surface area contributed by atoms with Crippen LogP contribution in [0.5, 0.6) is 0 Å². The molecule has 2 heterocycles. The van der Waals surface area contributed by atoms with Gasteiger partial charge < -0.3 is 23.7 Å². The molecule has 3 rings (SSSR count). The fraction of sp³-hybridized carbons (Fsp3) is 0.842. The zero-order valence-corrected chi connectivity index (χ0v) is 16.5. The van der Waals surface area contributed by atoms with Crippen LogP contribution in [0.1, 0.15) is 53.9 Å². The molecule has 0 radical (unpaired) electrons. The molecule has 0 amide bonds. The minimum atomic E-state index is -1.17. The summed E-state index contributed by atoms with van der Waals surface area (Å²) < 4.78 is 28.6. The second-order valence-corrected chi connectivity index (χ2v) is 8.69. The number of esters is 2. The molecule has 8 heteroatoms. The summed E-state index contributed by atoms with van der Waals surface area (Å²) in [5.41, 5.74) is -1.27. The lowest BCUT2D eigenvalue weighted by Gasteiger charge is -2.53. The van der Waals surface area contributed by atoms with Crippen molar-refractivity contribution in [3.63, 3.8) is 0 Å². The average molecular weight is 384 g/mol. The van der Waals surface area contributed by atoms with Gasteiger partial charge in [0.15, 0.2) is 5.79 Å². The Kier molecular flexibility index (Phi) is 5.12. The zero-order valence-electron chi connectivity index (χ0n) is 16.5. The van der Waals surface area contributed by atoms with Gasteiger partial charge in [-0.15, -0.1) is 0 Å². The summed E-state index contributed by atoms with van der Waals surface area (Å²) in [6, 6.07) is 0. The molecule has 8 nitrogen and oxygen atoms in total. The Balaban J connectivity index is 2.09. The molecule has 0 aromatic rings. The first-order chi connectivity index (χ1) is 12.5. The van der Waals surface area contributed by atoms with E-state index in [1.807, 2.05) is 20.8 Å². The summed E-state index contributed by atoms with van der Waals surface area (Å²) in [7, 11) is 0. The van der Waals surface area contributed by atoms with E-state index in [1.54, 1.807) is 0 Å². The molecule has 152 valence electrons. The number of rotatable bonds is 2. The molecule has 0 aromatic heterocycles. The first kappa shape index (κ1) is 20.2. The van der Waals surface area contributed by atoms with Crippen LogP contribution in [0.2, 0.25) is 0 Å². The van der Waals surface area contributed by atoms with Crippen LogP contribution >= 0.6 is 0 Å². The van der Waals surface area contributed by atoms with Gasteiger partial charge in [0, 0.05) is 38.5 Å². The lowest BCUT2D eigenvalue weighted by Crippen LogP contribution is -2.62. The van der Waals surface area contributed by atoms with E-state index in [9.17, 15) is 14.4 Å². The molecule has 3 aliphatic rings. The third-order valence-electron chi connectivity index (χ3n) is 5.75. The maximum absolute atomic E-state index is 13.2. The number of ketones is 1. The van der Waals surface area contributed by atoms with E-state index in [4.69, 9.17) is 23.7 Å². The number of fused-ring (bicyclic) bond motifs is 2. The lowest BCUT2D eigenvalue weighted by atomic mass is 9.64. The van der Waals surface area contributed by atoms with Crippen LogP contribution < -0.4 is 0 Å². The van der Waals surface area contributed by atoms with Crippen molar-refractivity contribution in [1.29, 1.82) is 0 Å². The topological polar surface area (TPSA) is 97.4 Å². The Hall–Kier alpha value is -1.51. The fourth-order valence-electron chi connectivity index (χ4n) is 4.83. The number of ether oxygens (including phenoxy) is 5. The first-order valence-corrected chi connectivity index (χ1v) is 9.29. The zero-order chi connectivity index (χ0) is 20.0. The highest BCUT2D eigenvalue weighted by atomic mass is 16.8. The molecule has 0 aromatic carbocycles. The number of hydrogen-bond acceptors (Lipinski definition) is 8. The van der Waals surface area contributed by atoms with Gasteiger partial charge >= 0.3 is 11.9 Å². The van der Waals surface area contributed by atoms with E-state index in [0.717, 1.165) is 0 Å². The van der Waals surface area contributed by atoms with Crippen LogP contribution in [-0.4, -0.2) is 49.3 Å². The third kappa shape index (κ3) is 3.62. The van der Waals surface area contributed by atoms with Gasteiger partial charge in [-0.2, -0.15) is 0 Å². The van der Waals surface area contributed by atoms with Crippen molar-refractivity contribution in [3.05, 3.63) is 0 Å². The molecule has 1 spiro atoms. The number of Topliss-reactive ketones (excluding diaryl/α,β-unsaturated/α-hetero) is 1. The van der Waals surface area contributed by atoms with Crippen molar-refractivity contribution in [1.82, 2.24) is 0 Å². The van der Waals surface area contributed by atoms with E-state index in [2.05, 4.69) is 0 Å². The first-order valence-electron chi connectivity index (χ1n) is 9.29. The quantitative estimate of drug-likeness (QED) is 0.666. The van der Waals surface area contributed by atoms with Crippen LogP contribution in [0, 0.1) is 16.7 Å². The molecule has 2 aliphatic heterocycles. The van der Waals surface area contributed by atoms with Gasteiger partial charge in [-0.05, 0) is 5.41 Å². The highest BCUT2D eigenvalue weighted by Crippen LogP contribution is 2.59. The number of hydrogen-bond donors (Lipinski definition) is 0. The minimum Gasteiger partial charge on any atom is -0.436 e. The molecule has 0 unspecified atom stereocenters. The maximum Gasteiger partial charge on any atom is 0.304 e. The summed E-state index contributed by atoms with van der Waals surface area (Å²) in [4.78, 5) is 36.4. The van der Waals surface area contributed by atoms with Gasteiger partial charge in [0.25, 0.3) is 0 Å². The average Bonchev–Trinajstić information content (AvgIpc) is 2.91. The standard InChI is InChI=1S/C19H28O8/c1-11(20)25-14-9-18(5)15(16(27-14)26-12(2)21)13(22)8-17(3,4)10-19(18)23-6-7-24-19/h14-16H,6-10H2,1-5H3/t14-,15-,16-,18+/m1/s1. The van der Waals surface area contributed by atoms with Crippen LogP contribution in [0.25, 0.3) is 0 Å². The van der Waals surface area contributed by atoms with Crippen LogP contribution in [-0.2, 0) is 38.1 Å². The van der Waals surface area contributed by atoms with Crippen LogP contribution in [0.3, 0.4) is 0 Å². The van der Waals surface area contributed by atoms with Gasteiger partial charge in [0.1, 0.15) is 5.78 Å². The van der Waals surface area contributed by atoms with E-state index in [1.165, 1.54) is 13.8 Å². The molecule has 1 aliphatic carbocycles. The molecule has 1 saturated carbocycles. The summed E-state index contributed by atoms with van der Waals surface area (Å²) in [6.07, 6.45) is -1.15. The lowest BCUT2D eigenvalue weighted by molar-refractivity contribution is -0.344. The second-order valence-electron chi connectivity index (χ2n) is 8.69. The van der Waals surface area contributed by atoms with Crippen LogP contribution in [0.4, 0.5) is 0 Å². The molecular weight excluding hydrogens is 356 g/mol. The highest BCUT2D eigenvalue weighted by molar-refractivity contribution is 5.84. The Morgan fingerprint density at radius 1 is 1.04 bits per heavy atom. The minimum absolute atomic E-state index is 0.0778. The Bertz CT molecular complexity index is 636. The summed E-state index contributed by atoms with van der Waals surface area (Å²) in [6.45, 7) is 9.19. The smallest absolute Gasteiger partial charge is 0.304 e. The van der Waals surface area contributed by atoms with Crippen molar-refractivity contribution in [3.8, 4) is 0 Å². The molecule has 0 bridgehead atoms. The largest absolute Gasteiger partial charge is 0.436 e. The summed E-state index contributed by atoms with van der Waals surface area (Å²) in [5, 5.41) is 0. The van der Waals surface area contributed by atoms with Crippen molar-refractivity contribution >= 4 is 17.7 Å². The molecule has 4 atom stereocenters. The van der Waals surface area contributed by atoms with E-state index in [0.29, 0.717) is 19.6 Å². The van der Waals surface area contributed by atoms with E-state index < -0.39 is 41.6 Å². The van der Waals surface area contributed by atoms with Crippen molar-refractivity contribution in [2.45, 2.75) is 72.2 Å². The monoisotopic (exact) mass is 384 g/mol. The van der Waals surface area contributed by atoms with Gasteiger partial charge in [-0.25, -0.2) is 0 Å². The highest BCUT2D eigenvalue weighted by Gasteiger charge is 2.67. The summed E-state index contributed by atoms with van der Waals surface area (Å²) in [5.74, 6) is -3.01. The number of carbonyl (C=O) groups is 3. The van der Waals surface area contributed by atoms with Crippen LogP contribution in [0.15, 0.2) is 0 Å². The van der Waals surface area contributed by atoms with E-state index >= 15 is 0 Å². The van der Waals surface area contributed by atoms with Gasteiger partial charge in [-0.3, -0.25) is 14.4 Å². The molecule has 2 saturated heterocycles. The molecule has 3 fully saturated rings. The van der Waals surface area contributed by atoms with Crippen molar-refractivity contribution < 1.29 is 38.1 Å². The van der Waals surface area contributed by atoms with E-state index in [-0.39, 0.29) is 24.0 Å². The fourth-order valence-corrected chi connectivity index (χ4v) is 4.83. The Morgan fingerprint density at radius 3 is 2.19 bits per heavy atom. The Morgan fingerprint density at radius 2 is 1.63 bits per heavy atom. The predicted octanol–water partition coefficient (Wildman–Crippen LogP) is 1.94. The molecular formula is C19H28O8. The molecule has 27 heavy (non-hydrogen) atoms. The Labute approximate surface area is 158 Å². The predicted molar refractivity (Wildman–Crippen MR) is 91.1 cm³/mol. The number of carbonyl (C=O) groups excluding carboxylic acids is 3. The maximum atomic E-state index is 13.2. The third-order valence-corrected chi connectivity index (χ3v) is 5.75. The van der Waals surface area contributed by atoms with Gasteiger partial charge in [0.2, 0.25) is 12.6 Å². The normalized spacial score (nSPS) is 37.4. The second kappa shape index (κ2) is 6.83. The summed E-state index contributed by atoms with van der Waals surface area (Å²) >= 11 is 0. The SMILES string of the molecule is CC(=O)O[C@H]1C[C@@]2(C)[C@H](C(=O)CC(C)(C)CC23OCCO3)[C@H](OC(C)=O)O1. The van der Waals surface area contributed by atoms with Gasteiger partial charge in [-0.1, -0.05) is 20.8 Å². The van der Waals surface area contributed by atoms with Gasteiger partial charge in [0.05, 0.1) is 19.1 Å².